The summed E-state index contributed by atoms with van der Waals surface area (Å²) in [6, 6.07) is 0. The molecule has 1 aromatic rings. The molecule has 66 valence electrons. The molecular formula is C7H12N4O. The molecule has 0 aromatic carbocycles. The number of aromatic nitrogens is 3. The number of ether oxygens (including phenoxy) is 1. The van der Waals surface area contributed by atoms with Gasteiger partial charge >= 0.3 is 0 Å². The predicted octanol–water partition coefficient (Wildman–Crippen LogP) is -0.733. The van der Waals surface area contributed by atoms with Crippen molar-refractivity contribution >= 4 is 0 Å². The highest BCUT2D eigenvalue weighted by atomic mass is 16.5. The molecule has 1 N–H and O–H groups in total. The van der Waals surface area contributed by atoms with Gasteiger partial charge in [-0.3, -0.25) is 0 Å². The van der Waals surface area contributed by atoms with Gasteiger partial charge < -0.3 is 14.6 Å². The average Bonchev–Trinajstić information content (AvgIpc) is 2.59. The Morgan fingerprint density at radius 1 is 1.50 bits per heavy atom. The van der Waals surface area contributed by atoms with E-state index in [2.05, 4.69) is 15.5 Å². The Bertz CT molecular complexity index is 217. The van der Waals surface area contributed by atoms with Crippen molar-refractivity contribution in [3.8, 4) is 0 Å². The number of nitrogens with one attached hydrogen (secondary N) is 1. The maximum atomic E-state index is 5.51. The van der Waals surface area contributed by atoms with E-state index in [1.165, 1.54) is 0 Å². The topological polar surface area (TPSA) is 52.0 Å². The van der Waals surface area contributed by atoms with Crippen LogP contribution >= 0.6 is 0 Å². The first-order valence-corrected chi connectivity index (χ1v) is 4.10. The van der Waals surface area contributed by atoms with Crippen molar-refractivity contribution in [2.24, 2.45) is 0 Å². The van der Waals surface area contributed by atoms with Crippen LogP contribution in [-0.2, 0) is 11.3 Å². The Morgan fingerprint density at radius 3 is 3.00 bits per heavy atom. The van der Waals surface area contributed by atoms with Gasteiger partial charge in [0.2, 0.25) is 0 Å². The van der Waals surface area contributed by atoms with Gasteiger partial charge in [0.25, 0.3) is 0 Å². The van der Waals surface area contributed by atoms with E-state index in [9.17, 15) is 0 Å². The van der Waals surface area contributed by atoms with E-state index in [1.807, 2.05) is 4.57 Å². The van der Waals surface area contributed by atoms with Crippen molar-refractivity contribution in [2.75, 3.05) is 19.7 Å². The van der Waals surface area contributed by atoms with E-state index >= 15 is 0 Å². The van der Waals surface area contributed by atoms with Crippen molar-refractivity contribution in [1.82, 2.24) is 20.1 Å². The summed E-state index contributed by atoms with van der Waals surface area (Å²) in [5, 5.41) is 10.7. The molecule has 1 unspecified atom stereocenters. The maximum absolute atomic E-state index is 5.51. The second-order valence-corrected chi connectivity index (χ2v) is 2.86. The standard InChI is InChI=1S/C7H12N4O/c1-2-12-7(3-8-1)4-11-5-9-10-6-11/h5-8H,1-4H2. The van der Waals surface area contributed by atoms with Crippen LogP contribution < -0.4 is 5.32 Å². The van der Waals surface area contributed by atoms with Crippen LogP contribution in [0.5, 0.6) is 0 Å². The van der Waals surface area contributed by atoms with Crippen molar-refractivity contribution in [2.45, 2.75) is 12.6 Å². The summed E-state index contributed by atoms with van der Waals surface area (Å²) in [7, 11) is 0. The van der Waals surface area contributed by atoms with E-state index < -0.39 is 0 Å². The van der Waals surface area contributed by atoms with Gasteiger partial charge in [-0.05, 0) is 0 Å². The van der Waals surface area contributed by atoms with Crippen LogP contribution in [0.1, 0.15) is 0 Å². The number of hydrogen-bond donors (Lipinski definition) is 1. The summed E-state index contributed by atoms with van der Waals surface area (Å²) in [5.74, 6) is 0. The molecule has 0 amide bonds. The van der Waals surface area contributed by atoms with E-state index in [-0.39, 0.29) is 6.10 Å². The molecule has 1 saturated heterocycles. The van der Waals surface area contributed by atoms with Crippen LogP contribution in [0.25, 0.3) is 0 Å². The highest BCUT2D eigenvalue weighted by Gasteiger charge is 2.13. The Hall–Kier alpha value is -0.940. The lowest BCUT2D eigenvalue weighted by Gasteiger charge is -2.23. The molecule has 1 fully saturated rings. The fourth-order valence-electron chi connectivity index (χ4n) is 1.29. The maximum Gasteiger partial charge on any atom is 0.119 e. The lowest BCUT2D eigenvalue weighted by Crippen LogP contribution is -2.40. The average molecular weight is 168 g/mol. The molecule has 0 radical (unpaired) electrons. The van der Waals surface area contributed by atoms with E-state index in [0.29, 0.717) is 0 Å². The fourth-order valence-corrected chi connectivity index (χ4v) is 1.29. The van der Waals surface area contributed by atoms with Crippen molar-refractivity contribution in [3.05, 3.63) is 12.7 Å². The minimum atomic E-state index is 0.259. The van der Waals surface area contributed by atoms with Gasteiger partial charge in [0.15, 0.2) is 0 Å². The fraction of sp³-hybridized carbons (Fsp3) is 0.714. The van der Waals surface area contributed by atoms with Gasteiger partial charge in [-0.2, -0.15) is 0 Å². The SMILES string of the molecule is c1nncn1CC1CNCCO1. The Morgan fingerprint density at radius 2 is 2.33 bits per heavy atom. The molecule has 5 nitrogen and oxygen atoms in total. The second-order valence-electron chi connectivity index (χ2n) is 2.86. The van der Waals surface area contributed by atoms with Gasteiger partial charge in [-0.15, -0.1) is 10.2 Å². The van der Waals surface area contributed by atoms with Crippen LogP contribution in [0.15, 0.2) is 12.7 Å². The quantitative estimate of drug-likeness (QED) is 0.632. The second kappa shape index (κ2) is 3.64. The normalized spacial score (nSPS) is 24.2. The summed E-state index contributed by atoms with van der Waals surface area (Å²) >= 11 is 0. The Balaban J connectivity index is 1.86. The molecule has 2 heterocycles. The molecule has 12 heavy (non-hydrogen) atoms. The minimum absolute atomic E-state index is 0.259. The van der Waals surface area contributed by atoms with Gasteiger partial charge in [-0.1, -0.05) is 0 Å². The van der Waals surface area contributed by atoms with E-state index in [4.69, 9.17) is 4.74 Å². The van der Waals surface area contributed by atoms with Crippen LogP contribution in [0.2, 0.25) is 0 Å². The predicted molar refractivity (Wildman–Crippen MR) is 42.6 cm³/mol. The largest absolute Gasteiger partial charge is 0.374 e. The summed E-state index contributed by atoms with van der Waals surface area (Å²) in [6.45, 7) is 3.50. The number of morpholine rings is 1. The lowest BCUT2D eigenvalue weighted by molar-refractivity contribution is 0.0181. The first-order valence-electron chi connectivity index (χ1n) is 4.10. The molecule has 5 heteroatoms. The zero-order valence-electron chi connectivity index (χ0n) is 6.81. The highest BCUT2D eigenvalue weighted by Crippen LogP contribution is 1.98. The van der Waals surface area contributed by atoms with Crippen molar-refractivity contribution in [3.63, 3.8) is 0 Å². The molecule has 1 aliphatic heterocycles. The van der Waals surface area contributed by atoms with Gasteiger partial charge in [0, 0.05) is 13.1 Å². The zero-order chi connectivity index (χ0) is 8.23. The minimum Gasteiger partial charge on any atom is -0.374 e. The molecule has 0 saturated carbocycles. The number of nitrogens with zero attached hydrogens (tertiary/aromatic N) is 3. The smallest absolute Gasteiger partial charge is 0.119 e. The molecule has 1 aromatic heterocycles. The first-order chi connectivity index (χ1) is 5.95. The summed E-state index contributed by atoms with van der Waals surface area (Å²) in [4.78, 5) is 0. The molecule has 2 rings (SSSR count). The third-order valence-electron chi connectivity index (χ3n) is 1.89. The molecular weight excluding hydrogens is 156 g/mol. The highest BCUT2D eigenvalue weighted by molar-refractivity contribution is 4.70. The third-order valence-corrected chi connectivity index (χ3v) is 1.89. The van der Waals surface area contributed by atoms with Gasteiger partial charge in [0.1, 0.15) is 12.7 Å². The van der Waals surface area contributed by atoms with Crippen molar-refractivity contribution < 1.29 is 4.74 Å². The molecule has 0 aliphatic carbocycles. The summed E-state index contributed by atoms with van der Waals surface area (Å²) in [5.41, 5.74) is 0. The summed E-state index contributed by atoms with van der Waals surface area (Å²) < 4.78 is 7.44. The summed E-state index contributed by atoms with van der Waals surface area (Å²) in [6.07, 6.45) is 3.67. The van der Waals surface area contributed by atoms with Crippen LogP contribution in [0.3, 0.4) is 0 Å². The van der Waals surface area contributed by atoms with Crippen molar-refractivity contribution in [1.29, 1.82) is 0 Å². The Labute approximate surface area is 70.7 Å². The molecule has 0 spiro atoms. The van der Waals surface area contributed by atoms with Crippen LogP contribution in [0, 0.1) is 0 Å². The zero-order valence-corrected chi connectivity index (χ0v) is 6.81. The number of hydrogen-bond acceptors (Lipinski definition) is 4. The Kier molecular flexibility index (Phi) is 2.33. The molecule has 0 bridgehead atoms. The van der Waals surface area contributed by atoms with E-state index in [1.54, 1.807) is 12.7 Å². The first kappa shape index (κ1) is 7.70. The third kappa shape index (κ3) is 1.80. The van der Waals surface area contributed by atoms with Gasteiger partial charge in [0.05, 0.1) is 19.3 Å². The van der Waals surface area contributed by atoms with Crippen LogP contribution in [0.4, 0.5) is 0 Å². The molecule has 1 atom stereocenters. The van der Waals surface area contributed by atoms with Crippen LogP contribution in [-0.4, -0.2) is 40.6 Å². The number of rotatable bonds is 2. The van der Waals surface area contributed by atoms with E-state index in [0.717, 1.165) is 26.2 Å². The monoisotopic (exact) mass is 168 g/mol. The molecule has 1 aliphatic rings. The van der Waals surface area contributed by atoms with Gasteiger partial charge in [-0.25, -0.2) is 0 Å². The lowest BCUT2D eigenvalue weighted by atomic mass is 10.3.